The smallest absolute Gasteiger partial charge is 0.408 e. The van der Waals surface area contributed by atoms with Gasteiger partial charge in [-0.15, -0.1) is 0 Å². The number of amides is 13. The second-order valence-corrected chi connectivity index (χ2v) is 26.1. The van der Waals surface area contributed by atoms with Gasteiger partial charge in [0.2, 0.25) is 76.8 Å². The van der Waals surface area contributed by atoms with Crippen LogP contribution in [0, 0.1) is 6.92 Å². The Hall–Kier alpha value is -10.4. The van der Waals surface area contributed by atoms with Crippen molar-refractivity contribution in [1.29, 1.82) is 0 Å². The van der Waals surface area contributed by atoms with E-state index in [1.54, 1.807) is 107 Å². The molecule has 0 fully saturated rings. The van der Waals surface area contributed by atoms with Crippen LogP contribution in [0.5, 0.6) is 0 Å². The van der Waals surface area contributed by atoms with E-state index in [9.17, 15) is 75.5 Å². The van der Waals surface area contributed by atoms with Crippen LogP contribution >= 0.6 is 11.8 Å². The fourth-order valence-electron chi connectivity index (χ4n) is 8.90. The standard InChI is InChI=1S/C62H88N16O19S2/c1-35-18-20-38(21-19-35)99(94,95)78-60(67)68-27-12-17-39(77-61(93)97-62(2,3)4)53(86)71-41(23-25-48(64)80)54(87)76-46(34-96-33-37-15-10-7-11-16-37)59(92)72-42(26-28-98-5)55(88)74-44(30-49(65)81)58(91)75-45(31-50(66)82)57(90)73-43(29-36-13-8-6-9-14-36)56(89)70-40(22-24-47(63)79)52(85)69-32-51(83)84/h6-11,13-16,18-21,39-46H,12,17,22-34H2,1-5H3,(H2,63,79)(H2,64,80)(H2,65,81)(H2,66,82)(H,69,85)(H,70,89)(H,71,86)(H,72,92)(H,73,90)(H,74,88)(H,75,91)(H,76,87)(H,77,93)(H,83,84)(H3,67,68,78)/t39-,40-,41-,42-,43-,44-,45-,46-/m0/s1. The van der Waals surface area contributed by atoms with Crippen LogP contribution in [0.3, 0.4) is 0 Å². The van der Waals surface area contributed by atoms with E-state index in [2.05, 4.69) is 57.6 Å². The first-order chi connectivity index (χ1) is 46.5. The molecular formula is C62H88N16O19S2. The number of carboxylic acid groups (broad SMARTS) is 1. The molecule has 8 atom stereocenters. The first-order valence-electron chi connectivity index (χ1n) is 30.8. The average Bonchev–Trinajstić information content (AvgIpc) is 0.857. The largest absolute Gasteiger partial charge is 0.480 e. The molecule has 0 bridgehead atoms. The highest BCUT2D eigenvalue weighted by atomic mass is 32.2. The summed E-state index contributed by atoms with van der Waals surface area (Å²) in [4.78, 5) is 190. The maximum absolute atomic E-state index is 14.6. The molecule has 0 aromatic heterocycles. The number of thioether (sulfide) groups is 1. The van der Waals surface area contributed by atoms with Gasteiger partial charge in [-0.1, -0.05) is 78.4 Å². The van der Waals surface area contributed by atoms with E-state index in [1.807, 2.05) is 0 Å². The van der Waals surface area contributed by atoms with E-state index in [-0.39, 0.29) is 49.5 Å². The fraction of sp³-hybridized carbons (Fsp3) is 0.468. The number of alkyl carbamates (subject to hydrolysis) is 1. The van der Waals surface area contributed by atoms with Gasteiger partial charge in [0.25, 0.3) is 10.0 Å². The minimum absolute atomic E-state index is 0.0426. The number of nitrogens with two attached hydrogens (primary N) is 5. The van der Waals surface area contributed by atoms with Gasteiger partial charge in [0.15, 0.2) is 0 Å². The fourth-order valence-corrected chi connectivity index (χ4v) is 10.3. The summed E-state index contributed by atoms with van der Waals surface area (Å²) in [6, 6.07) is 8.62. The highest BCUT2D eigenvalue weighted by Crippen LogP contribution is 2.14. The molecule has 35 nitrogen and oxygen atoms in total. The van der Waals surface area contributed by atoms with Gasteiger partial charge in [0, 0.05) is 25.8 Å². The van der Waals surface area contributed by atoms with Crippen molar-refractivity contribution in [2.45, 2.75) is 157 Å². The molecule has 99 heavy (non-hydrogen) atoms. The number of carboxylic acids is 1. The van der Waals surface area contributed by atoms with Crippen molar-refractivity contribution in [3.05, 3.63) is 102 Å². The van der Waals surface area contributed by atoms with Crippen molar-refractivity contribution in [3.8, 4) is 0 Å². The lowest BCUT2D eigenvalue weighted by atomic mass is 10.0. The number of carbonyl (C=O) groups is 14. The lowest BCUT2D eigenvalue weighted by molar-refractivity contribution is -0.139. The number of benzene rings is 3. The number of hydrogen-bond donors (Lipinski definition) is 16. The van der Waals surface area contributed by atoms with Crippen LogP contribution in [0.15, 0.2) is 94.8 Å². The van der Waals surface area contributed by atoms with Crippen LogP contribution in [-0.2, 0) is 94.9 Å². The molecule has 3 aromatic rings. The zero-order valence-corrected chi connectivity index (χ0v) is 56.9. The lowest BCUT2D eigenvalue weighted by Gasteiger charge is -2.28. The maximum Gasteiger partial charge on any atom is 0.408 e. The number of nitrogens with one attached hydrogen (secondary N) is 10. The summed E-state index contributed by atoms with van der Waals surface area (Å²) in [5, 5.41) is 30.4. The van der Waals surface area contributed by atoms with Crippen molar-refractivity contribution in [2.24, 2.45) is 33.7 Å². The monoisotopic (exact) mass is 1420 g/mol. The molecule has 0 radical (unpaired) electrons. The summed E-state index contributed by atoms with van der Waals surface area (Å²) in [7, 11) is -4.14. The Labute approximate surface area is 575 Å². The molecule has 3 rings (SSSR count). The number of nitrogens with zero attached hydrogens (tertiary/aromatic N) is 1. The molecule has 0 saturated carbocycles. The summed E-state index contributed by atoms with van der Waals surface area (Å²) < 4.78 is 39.2. The third-order valence-electron chi connectivity index (χ3n) is 13.8. The number of ether oxygens (including phenoxy) is 2. The minimum atomic E-state index is -4.14. The van der Waals surface area contributed by atoms with Crippen molar-refractivity contribution < 1.29 is 90.1 Å². The normalized spacial score (nSPS) is 13.8. The zero-order valence-electron chi connectivity index (χ0n) is 55.3. The summed E-state index contributed by atoms with van der Waals surface area (Å²) >= 11 is 1.21. The number of sulfonamides is 1. The van der Waals surface area contributed by atoms with Gasteiger partial charge in [-0.3, -0.25) is 67.3 Å². The molecule has 37 heteroatoms. The number of rotatable bonds is 43. The lowest BCUT2D eigenvalue weighted by Crippen LogP contribution is -2.61. The summed E-state index contributed by atoms with van der Waals surface area (Å²) in [5.74, 6) is -15.0. The minimum Gasteiger partial charge on any atom is -0.480 e. The second-order valence-electron chi connectivity index (χ2n) is 23.4. The van der Waals surface area contributed by atoms with Gasteiger partial charge in [-0.2, -0.15) is 11.8 Å². The summed E-state index contributed by atoms with van der Waals surface area (Å²) in [6.45, 7) is 4.59. The maximum atomic E-state index is 14.6. The number of aryl methyl sites for hydroxylation is 1. The number of primary amides is 4. The van der Waals surface area contributed by atoms with Crippen LogP contribution in [0.2, 0.25) is 0 Å². The number of carbonyl (C=O) groups excluding carboxylic acids is 13. The molecule has 0 aliphatic heterocycles. The van der Waals surface area contributed by atoms with Gasteiger partial charge < -0.3 is 91.1 Å². The molecule has 0 aliphatic rings. The molecule has 0 heterocycles. The molecule has 0 spiro atoms. The van der Waals surface area contributed by atoms with Crippen LogP contribution in [-0.4, -0.2) is 188 Å². The Morgan fingerprint density at radius 1 is 0.525 bits per heavy atom. The third kappa shape index (κ3) is 32.9. The first kappa shape index (κ1) is 82.8. The van der Waals surface area contributed by atoms with Crippen LogP contribution < -0.4 is 81.2 Å². The third-order valence-corrected chi connectivity index (χ3v) is 15.8. The highest BCUT2D eigenvalue weighted by molar-refractivity contribution is 7.98. The number of aliphatic imine (C=N–C) groups is 1. The Kier molecular flexibility index (Phi) is 34.8. The van der Waals surface area contributed by atoms with Gasteiger partial charge in [-0.05, 0) is 95.1 Å². The van der Waals surface area contributed by atoms with Gasteiger partial charge in [0.05, 0.1) is 31.0 Å². The van der Waals surface area contributed by atoms with E-state index in [1.165, 1.54) is 23.9 Å². The van der Waals surface area contributed by atoms with Gasteiger partial charge in [-0.25, -0.2) is 17.9 Å². The second kappa shape index (κ2) is 41.6. The Balaban J connectivity index is 1.97. The SMILES string of the molecule is CSCC[C@H](NC(=O)[C@H](COCc1ccccc1)NC(=O)[C@H](CCC(N)=O)NC(=O)[C@H](CCCN=C(N)NS(=O)(=O)c1ccc(C)cc1)NC(=O)OC(C)(C)C)C(=O)N[C@@H](CC(N)=O)C(=O)N[C@@H](CC(N)=O)C(=O)N[C@@H](Cc1ccccc1)C(=O)N[C@@H](CCC(N)=O)C(=O)NCC(=O)O. The molecule has 0 unspecified atom stereocenters. The van der Waals surface area contributed by atoms with Gasteiger partial charge in [0.1, 0.15) is 60.5 Å². The Bertz CT molecular complexity index is 3450. The van der Waals surface area contributed by atoms with Crippen molar-refractivity contribution in [2.75, 3.05) is 31.7 Å². The molecular weight excluding hydrogens is 1340 g/mol. The molecule has 0 aliphatic carbocycles. The molecule has 0 saturated heterocycles. The van der Waals surface area contributed by atoms with Crippen LogP contribution in [0.25, 0.3) is 0 Å². The Morgan fingerprint density at radius 3 is 1.42 bits per heavy atom. The molecule has 542 valence electrons. The average molecular weight is 1430 g/mol. The van der Waals surface area contributed by atoms with E-state index in [4.69, 9.17) is 43.2 Å². The summed E-state index contributed by atoms with van der Waals surface area (Å²) in [6.07, 6.45) is -4.02. The van der Waals surface area contributed by atoms with E-state index in [0.717, 1.165) is 5.56 Å². The quantitative estimate of drug-likeness (QED) is 0.0148. The molecule has 21 N–H and O–H groups in total. The summed E-state index contributed by atoms with van der Waals surface area (Å²) in [5.41, 5.74) is 28.5. The van der Waals surface area contributed by atoms with E-state index in [0.29, 0.717) is 11.1 Å². The van der Waals surface area contributed by atoms with Crippen molar-refractivity contribution >= 4 is 111 Å². The number of aliphatic carboxylic acids is 1. The highest BCUT2D eigenvalue weighted by Gasteiger charge is 2.37. The zero-order chi connectivity index (χ0) is 74.0. The predicted octanol–water partition coefficient (Wildman–Crippen LogP) is -3.65. The molecule has 13 amide bonds. The predicted molar refractivity (Wildman–Crippen MR) is 358 cm³/mol. The van der Waals surface area contributed by atoms with Crippen molar-refractivity contribution in [1.82, 2.24) is 52.6 Å². The van der Waals surface area contributed by atoms with Crippen LogP contribution in [0.4, 0.5) is 4.79 Å². The Morgan fingerprint density at radius 2 is 0.949 bits per heavy atom. The number of hydrogen-bond acceptors (Lipinski definition) is 20. The first-order valence-corrected chi connectivity index (χ1v) is 33.7. The van der Waals surface area contributed by atoms with E-state index >= 15 is 0 Å². The topological polar surface area (TPSA) is 575 Å². The van der Waals surface area contributed by atoms with Crippen LogP contribution in [0.1, 0.15) is 95.2 Å². The van der Waals surface area contributed by atoms with Crippen molar-refractivity contribution in [3.63, 3.8) is 0 Å². The number of guanidine groups is 1. The molecule has 3 aromatic carbocycles. The van der Waals surface area contributed by atoms with Gasteiger partial charge >= 0.3 is 12.1 Å². The van der Waals surface area contributed by atoms with E-state index < -0.39 is 205 Å².